The van der Waals surface area contributed by atoms with E-state index in [1.807, 2.05) is 0 Å². The zero-order valence-electron chi connectivity index (χ0n) is 6.60. The monoisotopic (exact) mass is 208 g/mol. The molecule has 0 bridgehead atoms. The van der Waals surface area contributed by atoms with E-state index in [4.69, 9.17) is 0 Å². The summed E-state index contributed by atoms with van der Waals surface area (Å²) in [5.74, 6) is 0. The number of hydrogen-bond acceptors (Lipinski definition) is 4. The molecule has 68 valence electrons. The zero-order valence-corrected chi connectivity index (χ0v) is 8.24. The van der Waals surface area contributed by atoms with Gasteiger partial charge in [-0.3, -0.25) is 0 Å². The molecule has 0 radical (unpaired) electrons. The van der Waals surface area contributed by atoms with Gasteiger partial charge in [0.2, 0.25) is 9.84 Å². The summed E-state index contributed by atoms with van der Waals surface area (Å²) in [4.78, 5) is 0.0722. The van der Waals surface area contributed by atoms with Crippen LogP contribution in [-0.2, 0) is 19.7 Å². The lowest BCUT2D eigenvalue weighted by Crippen LogP contribution is -2.10. The topological polar surface area (TPSA) is 68.3 Å². The van der Waals surface area contributed by atoms with Gasteiger partial charge in [-0.15, -0.1) is 0 Å². The molecule has 0 amide bonds. The van der Waals surface area contributed by atoms with Crippen molar-refractivity contribution in [3.8, 4) is 0 Å². The highest BCUT2D eigenvalue weighted by Crippen LogP contribution is 2.26. The van der Waals surface area contributed by atoms with E-state index in [0.717, 1.165) is 12.3 Å². The van der Waals surface area contributed by atoms with Crippen LogP contribution < -0.4 is 0 Å². The zero-order chi connectivity index (χ0) is 9.57. The molecule has 0 N–H and O–H groups in total. The summed E-state index contributed by atoms with van der Waals surface area (Å²) < 4.78 is 43.8. The lowest BCUT2D eigenvalue weighted by molar-refractivity contribution is 0.602. The Morgan fingerprint density at radius 1 is 1.25 bits per heavy atom. The van der Waals surface area contributed by atoms with Crippen LogP contribution in [0.2, 0.25) is 0 Å². The Labute approximate surface area is 71.4 Å². The molecule has 0 spiro atoms. The van der Waals surface area contributed by atoms with Crippen molar-refractivity contribution in [2.45, 2.75) is 6.92 Å². The van der Waals surface area contributed by atoms with E-state index in [1.165, 1.54) is 13.0 Å². The molecule has 1 aliphatic rings. The second-order valence-corrected chi connectivity index (χ2v) is 6.87. The first-order chi connectivity index (χ1) is 5.26. The Kier molecular flexibility index (Phi) is 1.92. The van der Waals surface area contributed by atoms with Crippen molar-refractivity contribution in [3.05, 3.63) is 21.3 Å². The number of sulfone groups is 2. The molecule has 1 rings (SSSR count). The van der Waals surface area contributed by atoms with Crippen molar-refractivity contribution in [3.63, 3.8) is 0 Å². The fourth-order valence-corrected chi connectivity index (χ4v) is 3.96. The Bertz CT molecular complexity index is 462. The first kappa shape index (κ1) is 9.47. The maximum absolute atomic E-state index is 11.2. The normalized spacial score (nSPS) is 21.8. The summed E-state index contributed by atoms with van der Waals surface area (Å²) in [6.45, 7) is 1.37. The molecule has 0 saturated heterocycles. The van der Waals surface area contributed by atoms with Crippen LogP contribution >= 0.6 is 0 Å². The summed E-state index contributed by atoms with van der Waals surface area (Å²) in [5, 5.41) is 0. The molecule has 0 saturated carbocycles. The van der Waals surface area contributed by atoms with Crippen LogP contribution in [-0.4, -0.2) is 23.1 Å². The maximum Gasteiger partial charge on any atom is 0.213 e. The van der Waals surface area contributed by atoms with Crippen molar-refractivity contribution in [1.82, 2.24) is 0 Å². The van der Waals surface area contributed by atoms with E-state index in [1.54, 1.807) is 0 Å². The van der Waals surface area contributed by atoms with Crippen molar-refractivity contribution >= 4 is 19.7 Å². The van der Waals surface area contributed by atoms with E-state index in [2.05, 4.69) is 0 Å². The minimum atomic E-state index is -3.69. The smallest absolute Gasteiger partial charge is 0.213 e. The van der Waals surface area contributed by atoms with Crippen LogP contribution in [0.15, 0.2) is 21.3 Å². The van der Waals surface area contributed by atoms with E-state index < -0.39 is 23.9 Å². The second-order valence-electron chi connectivity index (χ2n) is 2.54. The summed E-state index contributed by atoms with van der Waals surface area (Å²) in [5.41, 5.74) is 0. The van der Waals surface area contributed by atoms with Gasteiger partial charge < -0.3 is 0 Å². The molecule has 4 nitrogen and oxygen atoms in total. The van der Waals surface area contributed by atoms with Gasteiger partial charge in [0.15, 0.2) is 14.1 Å². The van der Waals surface area contributed by atoms with Crippen LogP contribution in [0.5, 0.6) is 0 Å². The van der Waals surface area contributed by atoms with Gasteiger partial charge in [0, 0.05) is 11.2 Å². The van der Waals surface area contributed by atoms with Crippen LogP contribution in [0.4, 0.5) is 0 Å². The van der Waals surface area contributed by atoms with Crippen LogP contribution in [0, 0.1) is 0 Å². The maximum atomic E-state index is 11.2. The summed E-state index contributed by atoms with van der Waals surface area (Å²) >= 11 is 0. The van der Waals surface area contributed by atoms with Crippen molar-refractivity contribution in [1.29, 1.82) is 0 Å². The van der Waals surface area contributed by atoms with Crippen LogP contribution in [0.25, 0.3) is 0 Å². The SMILES string of the molecule is CC1=CC=C(S(C)(=O)=O)S1(=O)=O. The fraction of sp³-hybridized carbons (Fsp3) is 0.333. The average molecular weight is 208 g/mol. The highest BCUT2D eigenvalue weighted by Gasteiger charge is 2.31. The van der Waals surface area contributed by atoms with Gasteiger partial charge in [-0.1, -0.05) is 0 Å². The molecule has 12 heavy (non-hydrogen) atoms. The number of rotatable bonds is 1. The molecular weight excluding hydrogens is 200 g/mol. The highest BCUT2D eigenvalue weighted by molar-refractivity contribution is 8.16. The van der Waals surface area contributed by atoms with Gasteiger partial charge in [0.25, 0.3) is 0 Å². The van der Waals surface area contributed by atoms with Crippen LogP contribution in [0.3, 0.4) is 0 Å². The first-order valence-electron chi connectivity index (χ1n) is 3.10. The second kappa shape index (κ2) is 2.43. The van der Waals surface area contributed by atoms with E-state index in [9.17, 15) is 16.8 Å². The molecule has 0 atom stereocenters. The minimum absolute atomic E-state index is 0.0722. The number of allylic oxidation sites excluding steroid dienone is 3. The fourth-order valence-electron chi connectivity index (χ4n) is 0.846. The highest BCUT2D eigenvalue weighted by atomic mass is 32.3. The largest absolute Gasteiger partial charge is 0.223 e. The number of hydrogen-bond donors (Lipinski definition) is 0. The summed E-state index contributed by atoms with van der Waals surface area (Å²) in [7, 11) is -7.31. The average Bonchev–Trinajstić information content (AvgIpc) is 2.06. The molecule has 0 aromatic heterocycles. The first-order valence-corrected chi connectivity index (χ1v) is 6.47. The van der Waals surface area contributed by atoms with Gasteiger partial charge in [-0.2, -0.15) is 0 Å². The standard InChI is InChI=1S/C6H8O4S2/c1-5-3-4-6(11(2,7)8)12(5,9)10/h3-4H,1-2H3. The summed E-state index contributed by atoms with van der Waals surface area (Å²) in [6.07, 6.45) is 3.27. The van der Waals surface area contributed by atoms with E-state index in [-0.39, 0.29) is 4.91 Å². The lowest BCUT2D eigenvalue weighted by Gasteiger charge is -1.99. The molecule has 6 heteroatoms. The Morgan fingerprint density at radius 2 is 1.75 bits per heavy atom. The molecule has 0 unspecified atom stereocenters. The van der Waals surface area contributed by atoms with E-state index in [0.29, 0.717) is 0 Å². The van der Waals surface area contributed by atoms with Gasteiger partial charge in [0.1, 0.15) is 0 Å². The van der Waals surface area contributed by atoms with E-state index >= 15 is 0 Å². The minimum Gasteiger partial charge on any atom is -0.223 e. The predicted molar refractivity (Wildman–Crippen MR) is 45.6 cm³/mol. The van der Waals surface area contributed by atoms with Crippen molar-refractivity contribution < 1.29 is 16.8 Å². The molecule has 0 aromatic carbocycles. The lowest BCUT2D eigenvalue weighted by atomic mass is 10.5. The molecular formula is C6H8O4S2. The summed E-state index contributed by atoms with van der Waals surface area (Å²) in [6, 6.07) is 0. The van der Waals surface area contributed by atoms with Gasteiger partial charge in [0.05, 0.1) is 0 Å². The van der Waals surface area contributed by atoms with Crippen LogP contribution in [0.1, 0.15) is 6.92 Å². The van der Waals surface area contributed by atoms with Crippen molar-refractivity contribution in [2.75, 3.05) is 6.26 Å². The van der Waals surface area contributed by atoms with Gasteiger partial charge >= 0.3 is 0 Å². The van der Waals surface area contributed by atoms with Crippen molar-refractivity contribution in [2.24, 2.45) is 0 Å². The molecule has 0 aliphatic carbocycles. The third kappa shape index (κ3) is 1.32. The Hall–Kier alpha value is -0.620. The molecule has 0 aromatic rings. The Morgan fingerprint density at radius 3 is 1.92 bits per heavy atom. The Balaban J connectivity index is 3.41. The predicted octanol–water partition coefficient (Wildman–Crippen LogP) is 0.205. The quantitative estimate of drug-likeness (QED) is 0.617. The third-order valence-corrected chi connectivity index (χ3v) is 5.59. The molecule has 1 heterocycles. The van der Waals surface area contributed by atoms with Gasteiger partial charge in [-0.25, -0.2) is 16.8 Å². The molecule has 1 aliphatic heterocycles. The third-order valence-electron chi connectivity index (χ3n) is 1.51. The molecule has 0 fully saturated rings. The van der Waals surface area contributed by atoms with Gasteiger partial charge in [-0.05, 0) is 19.1 Å².